The fourth-order valence-corrected chi connectivity index (χ4v) is 1.41. The van der Waals surface area contributed by atoms with Crippen LogP contribution in [0, 0.1) is 0 Å². The first-order valence-electron chi connectivity index (χ1n) is 4.07. The summed E-state index contributed by atoms with van der Waals surface area (Å²) in [6, 6.07) is 0. The van der Waals surface area contributed by atoms with E-state index in [0.29, 0.717) is 0 Å². The van der Waals surface area contributed by atoms with Gasteiger partial charge in [0.25, 0.3) is 0 Å². The van der Waals surface area contributed by atoms with Crippen LogP contribution in [0.3, 0.4) is 0 Å². The molecule has 1 aliphatic heterocycles. The van der Waals surface area contributed by atoms with E-state index >= 15 is 0 Å². The SMILES string of the molecule is C=NC(=NC)N1CCCCC1. The zero-order valence-electron chi connectivity index (χ0n) is 7.08. The second-order valence-corrected chi connectivity index (χ2v) is 2.73. The summed E-state index contributed by atoms with van der Waals surface area (Å²) in [5, 5.41) is 0. The molecule has 3 nitrogen and oxygen atoms in total. The number of guanidine groups is 1. The standard InChI is InChI=1S/C8H15N3/c1-9-8(10-2)11-6-4-3-5-7-11/h1,3-7H2,2H3. The first-order chi connectivity index (χ1) is 5.38. The molecule has 0 unspecified atom stereocenters. The van der Waals surface area contributed by atoms with Crippen LogP contribution in [-0.4, -0.2) is 37.7 Å². The van der Waals surface area contributed by atoms with Crippen LogP contribution in [-0.2, 0) is 0 Å². The van der Waals surface area contributed by atoms with Crippen molar-refractivity contribution in [3.63, 3.8) is 0 Å². The lowest BCUT2D eigenvalue weighted by atomic mass is 10.1. The van der Waals surface area contributed by atoms with Crippen LogP contribution >= 0.6 is 0 Å². The van der Waals surface area contributed by atoms with E-state index in [1.54, 1.807) is 7.05 Å². The molecule has 0 aromatic heterocycles. The molecule has 0 aliphatic carbocycles. The van der Waals surface area contributed by atoms with E-state index in [1.807, 2.05) is 0 Å². The third-order valence-electron chi connectivity index (χ3n) is 1.98. The molecule has 3 heteroatoms. The summed E-state index contributed by atoms with van der Waals surface area (Å²) < 4.78 is 0. The van der Waals surface area contributed by atoms with Crippen LogP contribution in [0.25, 0.3) is 0 Å². The molecule has 0 bridgehead atoms. The Morgan fingerprint density at radius 1 is 1.27 bits per heavy atom. The van der Waals surface area contributed by atoms with Gasteiger partial charge in [0.1, 0.15) is 0 Å². The van der Waals surface area contributed by atoms with Crippen molar-refractivity contribution in [1.29, 1.82) is 0 Å². The van der Waals surface area contributed by atoms with Gasteiger partial charge in [0.2, 0.25) is 5.96 Å². The van der Waals surface area contributed by atoms with Crippen molar-refractivity contribution in [3.05, 3.63) is 0 Å². The maximum atomic E-state index is 4.04. The van der Waals surface area contributed by atoms with Gasteiger partial charge in [0.15, 0.2) is 0 Å². The second kappa shape index (κ2) is 4.11. The molecule has 1 aliphatic rings. The molecule has 62 valence electrons. The number of likely N-dealkylation sites (tertiary alicyclic amines) is 1. The molecular weight excluding hydrogens is 138 g/mol. The van der Waals surface area contributed by atoms with E-state index in [0.717, 1.165) is 19.0 Å². The van der Waals surface area contributed by atoms with Gasteiger partial charge in [0, 0.05) is 20.1 Å². The summed E-state index contributed by atoms with van der Waals surface area (Å²) >= 11 is 0. The minimum atomic E-state index is 0.796. The van der Waals surface area contributed by atoms with Gasteiger partial charge in [-0.1, -0.05) is 0 Å². The molecule has 0 aromatic rings. The van der Waals surface area contributed by atoms with E-state index in [2.05, 4.69) is 21.6 Å². The number of piperidine rings is 1. The third kappa shape index (κ3) is 2.03. The predicted molar refractivity (Wildman–Crippen MR) is 48.3 cm³/mol. The molecule has 0 atom stereocenters. The highest BCUT2D eigenvalue weighted by atomic mass is 15.3. The Morgan fingerprint density at radius 2 is 1.91 bits per heavy atom. The van der Waals surface area contributed by atoms with Crippen molar-refractivity contribution in [2.75, 3.05) is 20.1 Å². The largest absolute Gasteiger partial charge is 0.341 e. The smallest absolute Gasteiger partial charge is 0.219 e. The maximum Gasteiger partial charge on any atom is 0.219 e. The van der Waals surface area contributed by atoms with Crippen LogP contribution < -0.4 is 0 Å². The number of hydrogen-bond acceptors (Lipinski definition) is 1. The summed E-state index contributed by atoms with van der Waals surface area (Å²) in [4.78, 5) is 10.1. The van der Waals surface area contributed by atoms with Gasteiger partial charge in [-0.2, -0.15) is 0 Å². The van der Waals surface area contributed by atoms with Crippen LogP contribution in [0.1, 0.15) is 19.3 Å². The van der Waals surface area contributed by atoms with Gasteiger partial charge in [-0.05, 0) is 26.0 Å². The van der Waals surface area contributed by atoms with Gasteiger partial charge in [0.05, 0.1) is 0 Å². The number of nitrogens with zero attached hydrogens (tertiary/aromatic N) is 3. The first-order valence-corrected chi connectivity index (χ1v) is 4.07. The zero-order valence-corrected chi connectivity index (χ0v) is 7.08. The van der Waals surface area contributed by atoms with E-state index in [-0.39, 0.29) is 0 Å². The average molecular weight is 153 g/mol. The minimum Gasteiger partial charge on any atom is -0.341 e. The summed E-state index contributed by atoms with van der Waals surface area (Å²) in [6.07, 6.45) is 3.85. The predicted octanol–water partition coefficient (Wildman–Crippen LogP) is 1.16. The Morgan fingerprint density at radius 3 is 2.36 bits per heavy atom. The normalized spacial score (nSPS) is 20.1. The zero-order chi connectivity index (χ0) is 8.10. The quantitative estimate of drug-likeness (QED) is 0.379. The molecule has 0 spiro atoms. The molecule has 1 fully saturated rings. The molecule has 1 saturated heterocycles. The van der Waals surface area contributed by atoms with Crippen molar-refractivity contribution in [2.24, 2.45) is 9.98 Å². The lowest BCUT2D eigenvalue weighted by Gasteiger charge is -2.26. The molecule has 1 heterocycles. The summed E-state index contributed by atoms with van der Waals surface area (Å²) in [5.41, 5.74) is 0. The van der Waals surface area contributed by atoms with Crippen LogP contribution in [0.2, 0.25) is 0 Å². The van der Waals surface area contributed by atoms with E-state index in [1.165, 1.54) is 19.3 Å². The monoisotopic (exact) mass is 153 g/mol. The molecule has 0 amide bonds. The second-order valence-electron chi connectivity index (χ2n) is 2.73. The van der Waals surface area contributed by atoms with Gasteiger partial charge in [-0.3, -0.25) is 4.99 Å². The highest BCUT2D eigenvalue weighted by Crippen LogP contribution is 2.09. The third-order valence-corrected chi connectivity index (χ3v) is 1.98. The summed E-state index contributed by atoms with van der Waals surface area (Å²) in [6.45, 7) is 5.66. The van der Waals surface area contributed by atoms with Gasteiger partial charge >= 0.3 is 0 Å². The maximum absolute atomic E-state index is 4.04. The molecule has 0 saturated carbocycles. The summed E-state index contributed by atoms with van der Waals surface area (Å²) in [7, 11) is 1.76. The van der Waals surface area contributed by atoms with Gasteiger partial charge in [-0.25, -0.2) is 4.99 Å². The van der Waals surface area contributed by atoms with Crippen molar-refractivity contribution in [1.82, 2.24) is 4.90 Å². The first kappa shape index (κ1) is 8.24. The lowest BCUT2D eigenvalue weighted by molar-refractivity contribution is 0.339. The van der Waals surface area contributed by atoms with Gasteiger partial charge in [-0.15, -0.1) is 0 Å². The van der Waals surface area contributed by atoms with E-state index in [9.17, 15) is 0 Å². The number of aliphatic imine (C=N–C) groups is 2. The molecule has 1 rings (SSSR count). The van der Waals surface area contributed by atoms with Crippen molar-refractivity contribution in [3.8, 4) is 0 Å². The Labute approximate surface area is 67.8 Å². The lowest BCUT2D eigenvalue weighted by Crippen LogP contribution is -2.34. The van der Waals surface area contributed by atoms with E-state index in [4.69, 9.17) is 0 Å². The number of hydrogen-bond donors (Lipinski definition) is 0. The Hall–Kier alpha value is -0.860. The fraction of sp³-hybridized carbons (Fsp3) is 0.750. The van der Waals surface area contributed by atoms with Crippen molar-refractivity contribution < 1.29 is 0 Å². The highest BCUT2D eigenvalue weighted by molar-refractivity contribution is 5.84. The topological polar surface area (TPSA) is 28.0 Å². The molecule has 0 radical (unpaired) electrons. The van der Waals surface area contributed by atoms with E-state index < -0.39 is 0 Å². The minimum absolute atomic E-state index is 0.796. The van der Waals surface area contributed by atoms with Crippen molar-refractivity contribution >= 4 is 12.7 Å². The molecule has 0 N–H and O–H groups in total. The molecule has 0 aromatic carbocycles. The highest BCUT2D eigenvalue weighted by Gasteiger charge is 2.11. The van der Waals surface area contributed by atoms with Crippen LogP contribution in [0.4, 0.5) is 0 Å². The van der Waals surface area contributed by atoms with Crippen molar-refractivity contribution in [2.45, 2.75) is 19.3 Å². The fourth-order valence-electron chi connectivity index (χ4n) is 1.41. The van der Waals surface area contributed by atoms with Gasteiger partial charge < -0.3 is 4.90 Å². The average Bonchev–Trinajstić information content (AvgIpc) is 2.09. The Kier molecular flexibility index (Phi) is 3.08. The Balaban J connectivity index is 2.49. The molecule has 11 heavy (non-hydrogen) atoms. The van der Waals surface area contributed by atoms with Crippen LogP contribution in [0.15, 0.2) is 9.98 Å². The molecular formula is C8H15N3. The number of rotatable bonds is 0. The van der Waals surface area contributed by atoms with Crippen LogP contribution in [0.5, 0.6) is 0 Å². The Bertz CT molecular complexity index is 157. The summed E-state index contributed by atoms with van der Waals surface area (Å²) in [5.74, 6) is 0.796.